The SMILES string of the molecule is Cc1cc2oc(=O)cc(CN3CCC4(CCC(=O)N4C)CC3)c2cc1C. The van der Waals surface area contributed by atoms with Gasteiger partial charge in [0.2, 0.25) is 5.91 Å². The number of fused-ring (bicyclic) bond motifs is 1. The molecule has 1 aromatic carbocycles. The Balaban J connectivity index is 1.56. The van der Waals surface area contributed by atoms with E-state index in [4.69, 9.17) is 4.42 Å². The standard InChI is InChI=1S/C21H26N2O3/c1-14-10-17-16(12-20(25)26-18(17)11-15(14)2)13-23-8-6-21(7-9-23)5-4-19(24)22(21)3/h10-12H,4-9,13H2,1-3H3. The number of likely N-dealkylation sites (tertiary alicyclic amines) is 2. The van der Waals surface area contributed by atoms with Gasteiger partial charge in [0.05, 0.1) is 0 Å². The third kappa shape index (κ3) is 2.84. The molecule has 138 valence electrons. The molecule has 0 aliphatic carbocycles. The van der Waals surface area contributed by atoms with Gasteiger partial charge in [-0.25, -0.2) is 4.79 Å². The lowest BCUT2D eigenvalue weighted by Crippen LogP contribution is -2.51. The monoisotopic (exact) mass is 354 g/mol. The lowest BCUT2D eigenvalue weighted by molar-refractivity contribution is -0.130. The minimum atomic E-state index is -0.287. The Morgan fingerprint density at radius 1 is 1.04 bits per heavy atom. The van der Waals surface area contributed by atoms with Crippen molar-refractivity contribution in [1.29, 1.82) is 0 Å². The van der Waals surface area contributed by atoms with Gasteiger partial charge >= 0.3 is 5.63 Å². The highest BCUT2D eigenvalue weighted by Crippen LogP contribution is 2.38. The maximum Gasteiger partial charge on any atom is 0.336 e. The fraction of sp³-hybridized carbons (Fsp3) is 0.524. The zero-order valence-electron chi connectivity index (χ0n) is 15.8. The van der Waals surface area contributed by atoms with Crippen molar-refractivity contribution in [2.24, 2.45) is 0 Å². The fourth-order valence-electron chi connectivity index (χ4n) is 4.51. The predicted molar refractivity (Wildman–Crippen MR) is 101 cm³/mol. The molecule has 5 heteroatoms. The number of carbonyl (C=O) groups excluding carboxylic acids is 1. The van der Waals surface area contributed by atoms with Crippen LogP contribution in [-0.2, 0) is 11.3 Å². The molecule has 0 N–H and O–H groups in total. The normalized spacial score (nSPS) is 20.4. The third-order valence-electron chi connectivity index (χ3n) is 6.52. The van der Waals surface area contributed by atoms with Crippen LogP contribution in [0.4, 0.5) is 0 Å². The van der Waals surface area contributed by atoms with Crippen molar-refractivity contribution in [3.8, 4) is 0 Å². The van der Waals surface area contributed by atoms with Crippen molar-refractivity contribution < 1.29 is 9.21 Å². The van der Waals surface area contributed by atoms with Gasteiger partial charge in [-0.3, -0.25) is 9.69 Å². The summed E-state index contributed by atoms with van der Waals surface area (Å²) in [6.45, 7) is 6.76. The summed E-state index contributed by atoms with van der Waals surface area (Å²) in [5.74, 6) is 0.274. The van der Waals surface area contributed by atoms with Gasteiger partial charge in [0.25, 0.3) is 0 Å². The highest BCUT2D eigenvalue weighted by Gasteiger charge is 2.44. The highest BCUT2D eigenvalue weighted by atomic mass is 16.4. The number of hydrogen-bond acceptors (Lipinski definition) is 4. The van der Waals surface area contributed by atoms with Crippen LogP contribution in [0.5, 0.6) is 0 Å². The van der Waals surface area contributed by atoms with Crippen LogP contribution in [0.1, 0.15) is 42.4 Å². The molecule has 1 amide bonds. The number of amides is 1. The average Bonchev–Trinajstić information content (AvgIpc) is 2.87. The largest absolute Gasteiger partial charge is 0.423 e. The van der Waals surface area contributed by atoms with Crippen LogP contribution in [-0.4, -0.2) is 41.4 Å². The maximum absolute atomic E-state index is 12.0. The van der Waals surface area contributed by atoms with Crippen LogP contribution in [0, 0.1) is 13.8 Å². The molecule has 1 spiro atoms. The first-order chi connectivity index (χ1) is 12.4. The molecule has 2 aromatic rings. The summed E-state index contributed by atoms with van der Waals surface area (Å²) in [6.07, 6.45) is 3.67. The Morgan fingerprint density at radius 3 is 2.38 bits per heavy atom. The summed E-state index contributed by atoms with van der Waals surface area (Å²) < 4.78 is 5.41. The minimum absolute atomic E-state index is 0.0546. The third-order valence-corrected chi connectivity index (χ3v) is 6.52. The van der Waals surface area contributed by atoms with Gasteiger partial charge in [0.15, 0.2) is 0 Å². The Labute approximate surface area is 153 Å². The Morgan fingerprint density at radius 2 is 1.73 bits per heavy atom. The van der Waals surface area contributed by atoms with Gasteiger partial charge in [0.1, 0.15) is 5.58 Å². The smallest absolute Gasteiger partial charge is 0.336 e. The number of nitrogens with zero attached hydrogens (tertiary/aromatic N) is 2. The summed E-state index contributed by atoms with van der Waals surface area (Å²) in [4.78, 5) is 28.3. The Kier molecular flexibility index (Phi) is 4.14. The van der Waals surface area contributed by atoms with E-state index in [1.165, 1.54) is 5.56 Å². The van der Waals surface area contributed by atoms with Gasteiger partial charge in [-0.1, -0.05) is 0 Å². The number of carbonyl (C=O) groups is 1. The molecular formula is C21H26N2O3. The van der Waals surface area contributed by atoms with Crippen molar-refractivity contribution in [1.82, 2.24) is 9.80 Å². The zero-order chi connectivity index (χ0) is 18.5. The van der Waals surface area contributed by atoms with E-state index in [1.54, 1.807) is 6.07 Å². The molecule has 2 fully saturated rings. The molecule has 2 aliphatic heterocycles. The van der Waals surface area contributed by atoms with Gasteiger partial charge in [-0.05, 0) is 61.9 Å². The number of rotatable bonds is 2. The first-order valence-corrected chi connectivity index (χ1v) is 9.41. The van der Waals surface area contributed by atoms with Crippen molar-refractivity contribution in [3.05, 3.63) is 45.3 Å². The fourth-order valence-corrected chi connectivity index (χ4v) is 4.51. The molecule has 1 aromatic heterocycles. The van der Waals surface area contributed by atoms with E-state index in [9.17, 15) is 9.59 Å². The summed E-state index contributed by atoms with van der Waals surface area (Å²) in [5, 5.41) is 1.03. The van der Waals surface area contributed by atoms with Crippen molar-refractivity contribution in [2.75, 3.05) is 20.1 Å². The van der Waals surface area contributed by atoms with Crippen molar-refractivity contribution in [3.63, 3.8) is 0 Å². The van der Waals surface area contributed by atoms with Crippen LogP contribution < -0.4 is 5.63 Å². The van der Waals surface area contributed by atoms with Gasteiger partial charge in [-0.2, -0.15) is 0 Å². The van der Waals surface area contributed by atoms with E-state index in [2.05, 4.69) is 17.9 Å². The number of aryl methyl sites for hydroxylation is 2. The second-order valence-electron chi connectivity index (χ2n) is 7.98. The topological polar surface area (TPSA) is 53.8 Å². The second-order valence-corrected chi connectivity index (χ2v) is 7.98. The van der Waals surface area contributed by atoms with E-state index >= 15 is 0 Å². The van der Waals surface area contributed by atoms with E-state index in [1.807, 2.05) is 24.9 Å². The first-order valence-electron chi connectivity index (χ1n) is 9.41. The summed E-state index contributed by atoms with van der Waals surface area (Å²) >= 11 is 0. The number of benzene rings is 1. The molecule has 2 saturated heterocycles. The molecule has 0 saturated carbocycles. The predicted octanol–water partition coefficient (Wildman–Crippen LogP) is 3.00. The van der Waals surface area contributed by atoms with Crippen LogP contribution in [0.15, 0.2) is 27.4 Å². The van der Waals surface area contributed by atoms with Crippen molar-refractivity contribution >= 4 is 16.9 Å². The van der Waals surface area contributed by atoms with Crippen LogP contribution >= 0.6 is 0 Å². The quantitative estimate of drug-likeness (QED) is 0.778. The van der Waals surface area contributed by atoms with E-state index in [0.29, 0.717) is 12.0 Å². The van der Waals surface area contributed by atoms with Crippen LogP contribution in [0.25, 0.3) is 11.0 Å². The van der Waals surface area contributed by atoms with Gasteiger partial charge in [-0.15, -0.1) is 0 Å². The van der Waals surface area contributed by atoms with Crippen molar-refractivity contribution in [2.45, 2.75) is 51.6 Å². The highest BCUT2D eigenvalue weighted by molar-refractivity contribution is 5.82. The van der Waals surface area contributed by atoms with Crippen LogP contribution in [0.2, 0.25) is 0 Å². The molecule has 0 unspecified atom stereocenters. The minimum Gasteiger partial charge on any atom is -0.423 e. The molecular weight excluding hydrogens is 328 g/mol. The molecule has 26 heavy (non-hydrogen) atoms. The molecule has 3 heterocycles. The molecule has 0 atom stereocenters. The maximum atomic E-state index is 12.0. The number of hydrogen-bond donors (Lipinski definition) is 0. The Hall–Kier alpha value is -2.14. The summed E-state index contributed by atoms with van der Waals surface area (Å²) in [6, 6.07) is 5.71. The summed E-state index contributed by atoms with van der Waals surface area (Å²) in [5.41, 5.74) is 3.81. The molecule has 0 radical (unpaired) electrons. The lowest BCUT2D eigenvalue weighted by Gasteiger charge is -2.43. The Bertz CT molecular complexity index is 923. The lowest BCUT2D eigenvalue weighted by atomic mass is 9.85. The van der Waals surface area contributed by atoms with E-state index < -0.39 is 0 Å². The molecule has 2 aliphatic rings. The van der Waals surface area contributed by atoms with E-state index in [0.717, 1.165) is 55.4 Å². The van der Waals surface area contributed by atoms with Gasteiger partial charge < -0.3 is 9.32 Å². The van der Waals surface area contributed by atoms with Crippen LogP contribution in [0.3, 0.4) is 0 Å². The summed E-state index contributed by atoms with van der Waals surface area (Å²) in [7, 11) is 1.95. The molecule has 0 bridgehead atoms. The number of piperidine rings is 1. The second kappa shape index (κ2) is 6.23. The zero-order valence-corrected chi connectivity index (χ0v) is 15.8. The van der Waals surface area contributed by atoms with Gasteiger partial charge in [0, 0.05) is 50.1 Å². The molecule has 4 rings (SSSR count). The average molecular weight is 354 g/mol. The first kappa shape index (κ1) is 17.3. The molecule has 5 nitrogen and oxygen atoms in total. The van der Waals surface area contributed by atoms with E-state index in [-0.39, 0.29) is 17.1 Å².